The predicted molar refractivity (Wildman–Crippen MR) is 95.7 cm³/mol. The zero-order valence-electron chi connectivity index (χ0n) is 14.6. The summed E-state index contributed by atoms with van der Waals surface area (Å²) in [5.41, 5.74) is -0.353. The van der Waals surface area contributed by atoms with E-state index in [1.54, 1.807) is 6.20 Å². The number of carbonyl (C=O) groups is 1. The minimum atomic E-state index is -4.57. The van der Waals surface area contributed by atoms with Crippen molar-refractivity contribution < 1.29 is 18.0 Å². The van der Waals surface area contributed by atoms with Gasteiger partial charge in [-0.25, -0.2) is 0 Å². The summed E-state index contributed by atoms with van der Waals surface area (Å²) in [7, 11) is 0. The van der Waals surface area contributed by atoms with E-state index in [-0.39, 0.29) is 12.1 Å². The Balaban J connectivity index is 1.52. The molecule has 1 saturated heterocycles. The lowest BCUT2D eigenvalue weighted by Crippen LogP contribution is -2.30. The van der Waals surface area contributed by atoms with E-state index in [0.29, 0.717) is 12.4 Å². The van der Waals surface area contributed by atoms with Gasteiger partial charge < -0.3 is 15.5 Å². The van der Waals surface area contributed by atoms with Gasteiger partial charge in [0.15, 0.2) is 5.82 Å². The third kappa shape index (κ3) is 4.87. The maximum Gasteiger partial charge on any atom is 0.417 e. The van der Waals surface area contributed by atoms with Crippen molar-refractivity contribution in [2.75, 3.05) is 36.4 Å². The molecule has 3 rings (SSSR count). The van der Waals surface area contributed by atoms with Gasteiger partial charge in [-0.05, 0) is 25.0 Å². The molecule has 2 aromatic rings. The molecule has 144 valence electrons. The Hall–Kier alpha value is -2.84. The number of alkyl halides is 3. The molecule has 2 heterocycles. The molecule has 1 fully saturated rings. The maximum absolute atomic E-state index is 13.0. The molecule has 0 saturated carbocycles. The second-order valence-electron chi connectivity index (χ2n) is 6.22. The summed E-state index contributed by atoms with van der Waals surface area (Å²) in [4.78, 5) is 14.3. The van der Waals surface area contributed by atoms with Crippen LogP contribution in [0.3, 0.4) is 0 Å². The number of hydrogen-bond acceptors (Lipinski definition) is 5. The van der Waals surface area contributed by atoms with Crippen LogP contribution in [0.2, 0.25) is 0 Å². The smallest absolute Gasteiger partial charge is 0.370 e. The van der Waals surface area contributed by atoms with Gasteiger partial charge in [-0.3, -0.25) is 4.79 Å². The van der Waals surface area contributed by atoms with Gasteiger partial charge in [-0.15, -0.1) is 5.10 Å². The summed E-state index contributed by atoms with van der Waals surface area (Å²) in [6, 6.07) is 6.59. The lowest BCUT2D eigenvalue weighted by atomic mass is 10.1. The highest BCUT2D eigenvalue weighted by Gasteiger charge is 2.34. The quantitative estimate of drug-likeness (QED) is 0.756. The number of hydrogen-bond donors (Lipinski definition) is 2. The Morgan fingerprint density at radius 2 is 1.89 bits per heavy atom. The highest BCUT2D eigenvalue weighted by Crippen LogP contribution is 2.31. The van der Waals surface area contributed by atoms with Crippen LogP contribution >= 0.6 is 0 Å². The second-order valence-corrected chi connectivity index (χ2v) is 6.22. The van der Waals surface area contributed by atoms with Gasteiger partial charge in [0.2, 0.25) is 0 Å². The van der Waals surface area contributed by atoms with Gasteiger partial charge in [0, 0.05) is 32.2 Å². The molecule has 0 atom stereocenters. The van der Waals surface area contributed by atoms with Crippen LogP contribution in [-0.4, -0.2) is 42.3 Å². The molecule has 1 aliphatic heterocycles. The molecule has 2 N–H and O–H groups in total. The van der Waals surface area contributed by atoms with E-state index < -0.39 is 17.6 Å². The largest absolute Gasteiger partial charge is 0.417 e. The van der Waals surface area contributed by atoms with Crippen LogP contribution in [0, 0.1) is 0 Å². The number of carbonyl (C=O) groups excluding carboxylic acids is 1. The minimum Gasteiger partial charge on any atom is -0.370 e. The third-order valence-electron chi connectivity index (χ3n) is 4.31. The third-order valence-corrected chi connectivity index (χ3v) is 4.31. The first kappa shape index (κ1) is 18.9. The molecule has 1 amide bonds. The van der Waals surface area contributed by atoms with Gasteiger partial charge in [0.25, 0.3) is 5.91 Å². The Bertz CT molecular complexity index is 791. The average Bonchev–Trinajstić information content (AvgIpc) is 3.19. The van der Waals surface area contributed by atoms with Crippen LogP contribution in [0.1, 0.15) is 28.8 Å². The molecule has 6 nitrogen and oxygen atoms in total. The van der Waals surface area contributed by atoms with E-state index in [4.69, 9.17) is 0 Å². The van der Waals surface area contributed by atoms with E-state index >= 15 is 0 Å². The lowest BCUT2D eigenvalue weighted by molar-refractivity contribution is -0.137. The van der Waals surface area contributed by atoms with Gasteiger partial charge >= 0.3 is 6.18 Å². The molecule has 9 heteroatoms. The van der Waals surface area contributed by atoms with Crippen LogP contribution in [0.5, 0.6) is 0 Å². The van der Waals surface area contributed by atoms with E-state index in [2.05, 4.69) is 25.7 Å². The molecule has 1 aliphatic rings. The van der Waals surface area contributed by atoms with Crippen LogP contribution in [0.25, 0.3) is 0 Å². The summed E-state index contributed by atoms with van der Waals surface area (Å²) in [5.74, 6) is -0.203. The van der Waals surface area contributed by atoms with E-state index in [9.17, 15) is 18.0 Å². The summed E-state index contributed by atoms with van der Waals surface area (Å²) in [6.45, 7) is 2.44. The van der Waals surface area contributed by atoms with Crippen molar-refractivity contribution in [1.29, 1.82) is 0 Å². The molecular formula is C18H20F3N5O. The van der Waals surface area contributed by atoms with Gasteiger partial charge in [-0.1, -0.05) is 12.1 Å². The lowest BCUT2D eigenvalue weighted by Gasteiger charge is -2.17. The Kier molecular flexibility index (Phi) is 5.78. The van der Waals surface area contributed by atoms with Gasteiger partial charge in [0.05, 0.1) is 23.0 Å². The fourth-order valence-corrected chi connectivity index (χ4v) is 2.98. The fraction of sp³-hybridized carbons (Fsp3) is 0.389. The number of halogens is 3. The van der Waals surface area contributed by atoms with Crippen molar-refractivity contribution in [3.8, 4) is 0 Å². The number of rotatable bonds is 6. The number of nitrogens with zero attached hydrogens (tertiary/aromatic N) is 3. The van der Waals surface area contributed by atoms with Crippen molar-refractivity contribution in [3.05, 3.63) is 47.7 Å². The average molecular weight is 379 g/mol. The van der Waals surface area contributed by atoms with Crippen molar-refractivity contribution in [3.63, 3.8) is 0 Å². The number of nitrogens with one attached hydrogen (secondary N) is 2. The summed E-state index contributed by atoms with van der Waals surface area (Å²) >= 11 is 0. The van der Waals surface area contributed by atoms with Crippen molar-refractivity contribution in [2.45, 2.75) is 19.0 Å². The van der Waals surface area contributed by atoms with Crippen LogP contribution in [0.4, 0.5) is 24.7 Å². The monoisotopic (exact) mass is 379 g/mol. The van der Waals surface area contributed by atoms with E-state index in [1.165, 1.54) is 12.1 Å². The Morgan fingerprint density at radius 3 is 2.63 bits per heavy atom. The molecule has 0 bridgehead atoms. The second kappa shape index (κ2) is 8.24. The van der Waals surface area contributed by atoms with Crippen molar-refractivity contribution in [2.24, 2.45) is 0 Å². The number of aromatic nitrogens is 2. The maximum atomic E-state index is 13.0. The molecule has 0 unspecified atom stereocenters. The van der Waals surface area contributed by atoms with E-state index in [1.807, 2.05) is 6.07 Å². The SMILES string of the molecule is O=C(NCCNc1cc(N2CCCC2)cnn1)c1ccccc1C(F)(F)F. The highest BCUT2D eigenvalue weighted by molar-refractivity contribution is 5.95. The van der Waals surface area contributed by atoms with Gasteiger partial charge in [-0.2, -0.15) is 18.3 Å². The molecule has 1 aromatic carbocycles. The molecule has 0 radical (unpaired) electrons. The zero-order chi connectivity index (χ0) is 19.3. The molecule has 0 aliphatic carbocycles. The van der Waals surface area contributed by atoms with Crippen molar-refractivity contribution in [1.82, 2.24) is 15.5 Å². The van der Waals surface area contributed by atoms with Gasteiger partial charge in [0.1, 0.15) is 0 Å². The highest BCUT2D eigenvalue weighted by atomic mass is 19.4. The molecular weight excluding hydrogens is 359 g/mol. The summed E-state index contributed by atoms with van der Waals surface area (Å²) in [6.07, 6.45) is -0.572. The normalized spacial score (nSPS) is 14.3. The topological polar surface area (TPSA) is 70.2 Å². The standard InChI is InChI=1S/C18H20F3N5O/c19-18(20,21)15-6-2-1-5-14(15)17(27)23-8-7-22-16-11-13(12-24-25-16)26-9-3-4-10-26/h1-2,5-6,11-12H,3-4,7-10H2,(H,22,25)(H,23,27). The number of amides is 1. The van der Waals surface area contributed by atoms with Crippen LogP contribution < -0.4 is 15.5 Å². The number of benzene rings is 1. The Morgan fingerprint density at radius 1 is 1.15 bits per heavy atom. The Labute approximate surface area is 154 Å². The van der Waals surface area contributed by atoms with Crippen molar-refractivity contribution >= 4 is 17.4 Å². The fourth-order valence-electron chi connectivity index (χ4n) is 2.98. The minimum absolute atomic E-state index is 0.153. The molecule has 0 spiro atoms. The molecule has 1 aromatic heterocycles. The summed E-state index contributed by atoms with van der Waals surface area (Å²) in [5, 5.41) is 13.5. The predicted octanol–water partition coefficient (Wildman–Crippen LogP) is 2.94. The van der Waals surface area contributed by atoms with Crippen LogP contribution in [-0.2, 0) is 6.18 Å². The zero-order valence-corrected chi connectivity index (χ0v) is 14.6. The van der Waals surface area contributed by atoms with Crippen LogP contribution in [0.15, 0.2) is 36.5 Å². The van der Waals surface area contributed by atoms with E-state index in [0.717, 1.165) is 43.8 Å². The first-order chi connectivity index (χ1) is 12.9. The first-order valence-electron chi connectivity index (χ1n) is 8.71. The first-order valence-corrected chi connectivity index (χ1v) is 8.71. The summed E-state index contributed by atoms with van der Waals surface area (Å²) < 4.78 is 38.9. The number of anilines is 2. The molecule has 27 heavy (non-hydrogen) atoms.